The maximum atomic E-state index is 13.3. The number of benzene rings is 1. The molecule has 2 rings (SSSR count). The number of fused-ring (bicyclic) bond motifs is 1. The van der Waals surface area contributed by atoms with E-state index in [0.717, 1.165) is 18.4 Å². The van der Waals surface area contributed by atoms with E-state index in [1.165, 1.54) is 6.07 Å². The molecule has 13 heavy (non-hydrogen) atoms. The molecule has 1 aromatic rings. The molecule has 0 radical (unpaired) electrons. The van der Waals surface area contributed by atoms with Gasteiger partial charge in [0.2, 0.25) is 0 Å². The Bertz CT molecular complexity index is 331. The molecule has 2 heteroatoms. The van der Waals surface area contributed by atoms with Crippen LogP contribution >= 0.6 is 0 Å². The van der Waals surface area contributed by atoms with Gasteiger partial charge in [0.15, 0.2) is 11.6 Å². The van der Waals surface area contributed by atoms with Crippen LogP contribution in [-0.4, -0.2) is 0 Å². The van der Waals surface area contributed by atoms with Crippen LogP contribution in [0.2, 0.25) is 0 Å². The molecule has 1 atom stereocenters. The lowest BCUT2D eigenvalue weighted by Gasteiger charge is -2.21. The van der Waals surface area contributed by atoms with E-state index >= 15 is 0 Å². The Kier molecular flexibility index (Phi) is 2.06. The molecule has 0 nitrogen and oxygen atoms in total. The fraction of sp³-hybridized carbons (Fsp3) is 0.455. The fourth-order valence-electron chi connectivity index (χ4n) is 1.94. The quantitative estimate of drug-likeness (QED) is 0.578. The summed E-state index contributed by atoms with van der Waals surface area (Å²) in [4.78, 5) is 0. The molecule has 0 N–H and O–H groups in total. The average molecular weight is 182 g/mol. The lowest BCUT2D eigenvalue weighted by Crippen LogP contribution is -2.13. The van der Waals surface area contributed by atoms with Gasteiger partial charge in [-0.25, -0.2) is 8.78 Å². The lowest BCUT2D eigenvalue weighted by atomic mass is 9.85. The maximum absolute atomic E-state index is 13.3. The Morgan fingerprint density at radius 3 is 2.85 bits per heavy atom. The Labute approximate surface area is 76.6 Å². The second kappa shape index (κ2) is 3.09. The first-order chi connectivity index (χ1) is 6.18. The van der Waals surface area contributed by atoms with Crippen molar-refractivity contribution in [3.05, 3.63) is 34.9 Å². The van der Waals surface area contributed by atoms with Gasteiger partial charge >= 0.3 is 0 Å². The summed E-state index contributed by atoms with van der Waals surface area (Å²) in [6.07, 6.45) is 2.64. The third-order valence-corrected chi connectivity index (χ3v) is 2.75. The van der Waals surface area contributed by atoms with Gasteiger partial charge in [-0.1, -0.05) is 13.0 Å². The summed E-state index contributed by atoms with van der Waals surface area (Å²) in [6.45, 7) is 2.08. The van der Waals surface area contributed by atoms with Crippen LogP contribution in [0.3, 0.4) is 0 Å². The summed E-state index contributed by atoms with van der Waals surface area (Å²) in [5, 5.41) is 0. The van der Waals surface area contributed by atoms with E-state index in [1.807, 2.05) is 0 Å². The molecule has 0 amide bonds. The van der Waals surface area contributed by atoms with Gasteiger partial charge in [0.25, 0.3) is 0 Å². The summed E-state index contributed by atoms with van der Waals surface area (Å²) in [6, 6.07) is 2.93. The zero-order valence-electron chi connectivity index (χ0n) is 7.61. The first-order valence-electron chi connectivity index (χ1n) is 4.64. The van der Waals surface area contributed by atoms with Gasteiger partial charge in [-0.3, -0.25) is 0 Å². The second-order valence-corrected chi connectivity index (χ2v) is 3.85. The number of rotatable bonds is 0. The minimum absolute atomic E-state index is 0.476. The highest BCUT2D eigenvalue weighted by Gasteiger charge is 2.20. The predicted octanol–water partition coefficient (Wildman–Crippen LogP) is 3.09. The Morgan fingerprint density at radius 2 is 2.08 bits per heavy atom. The molecule has 1 aromatic carbocycles. The van der Waals surface area contributed by atoms with Crippen molar-refractivity contribution in [2.75, 3.05) is 0 Å². The van der Waals surface area contributed by atoms with Crippen LogP contribution < -0.4 is 0 Å². The van der Waals surface area contributed by atoms with E-state index in [9.17, 15) is 8.78 Å². The highest BCUT2D eigenvalue weighted by atomic mass is 19.2. The topological polar surface area (TPSA) is 0 Å². The Morgan fingerprint density at radius 1 is 1.31 bits per heavy atom. The van der Waals surface area contributed by atoms with Gasteiger partial charge < -0.3 is 0 Å². The van der Waals surface area contributed by atoms with E-state index in [1.54, 1.807) is 6.07 Å². The van der Waals surface area contributed by atoms with Gasteiger partial charge in [0.05, 0.1) is 0 Å². The van der Waals surface area contributed by atoms with E-state index in [2.05, 4.69) is 6.92 Å². The lowest BCUT2D eigenvalue weighted by molar-refractivity contribution is 0.449. The molecule has 0 bridgehead atoms. The molecule has 70 valence electrons. The standard InChI is InChI=1S/C11H12F2/c1-7-2-3-8-4-5-10(12)11(13)9(8)6-7/h4-5,7H,2-3,6H2,1H3. The summed E-state index contributed by atoms with van der Waals surface area (Å²) >= 11 is 0. The zero-order valence-corrected chi connectivity index (χ0v) is 7.61. The van der Waals surface area contributed by atoms with Crippen LogP contribution in [0.4, 0.5) is 8.78 Å². The molecule has 1 aliphatic carbocycles. The molecule has 0 fully saturated rings. The van der Waals surface area contributed by atoms with E-state index in [-0.39, 0.29) is 0 Å². The fourth-order valence-corrected chi connectivity index (χ4v) is 1.94. The van der Waals surface area contributed by atoms with Gasteiger partial charge in [-0.2, -0.15) is 0 Å². The molecule has 0 spiro atoms. The number of halogens is 2. The number of aryl methyl sites for hydroxylation is 1. The molecule has 0 heterocycles. The molecule has 0 saturated carbocycles. The highest BCUT2D eigenvalue weighted by molar-refractivity contribution is 5.31. The minimum Gasteiger partial charge on any atom is -0.204 e. The van der Waals surface area contributed by atoms with Gasteiger partial charge in [-0.15, -0.1) is 0 Å². The summed E-state index contributed by atoms with van der Waals surface area (Å²) in [7, 11) is 0. The maximum Gasteiger partial charge on any atom is 0.162 e. The molecule has 0 saturated heterocycles. The second-order valence-electron chi connectivity index (χ2n) is 3.85. The molecular weight excluding hydrogens is 170 g/mol. The van der Waals surface area contributed by atoms with Crippen LogP contribution in [0.25, 0.3) is 0 Å². The first kappa shape index (κ1) is 8.67. The van der Waals surface area contributed by atoms with Gasteiger partial charge in [0.1, 0.15) is 0 Å². The minimum atomic E-state index is -0.715. The van der Waals surface area contributed by atoms with E-state index in [4.69, 9.17) is 0 Å². The van der Waals surface area contributed by atoms with Crippen molar-refractivity contribution < 1.29 is 8.78 Å². The van der Waals surface area contributed by atoms with Crippen molar-refractivity contribution >= 4 is 0 Å². The van der Waals surface area contributed by atoms with Crippen molar-refractivity contribution in [1.29, 1.82) is 0 Å². The zero-order chi connectivity index (χ0) is 9.42. The number of hydrogen-bond donors (Lipinski definition) is 0. The molecule has 0 aliphatic heterocycles. The van der Waals surface area contributed by atoms with Crippen molar-refractivity contribution in [3.63, 3.8) is 0 Å². The van der Waals surface area contributed by atoms with Crippen molar-refractivity contribution in [2.45, 2.75) is 26.2 Å². The average Bonchev–Trinajstić information content (AvgIpc) is 2.12. The highest BCUT2D eigenvalue weighted by Crippen LogP contribution is 2.28. The van der Waals surface area contributed by atoms with Gasteiger partial charge in [-0.05, 0) is 42.4 Å². The molecule has 1 aliphatic rings. The van der Waals surface area contributed by atoms with Crippen LogP contribution in [0.15, 0.2) is 12.1 Å². The summed E-state index contributed by atoms with van der Waals surface area (Å²) in [5.41, 5.74) is 1.58. The van der Waals surface area contributed by atoms with E-state index < -0.39 is 11.6 Å². The van der Waals surface area contributed by atoms with E-state index in [0.29, 0.717) is 17.9 Å². The monoisotopic (exact) mass is 182 g/mol. The third kappa shape index (κ3) is 1.45. The normalized spacial score (nSPS) is 21.3. The van der Waals surface area contributed by atoms with Crippen molar-refractivity contribution in [1.82, 2.24) is 0 Å². The largest absolute Gasteiger partial charge is 0.204 e. The molecule has 0 aromatic heterocycles. The van der Waals surface area contributed by atoms with Gasteiger partial charge in [0, 0.05) is 0 Å². The Balaban J connectivity index is 2.48. The SMILES string of the molecule is CC1CCc2ccc(F)c(F)c2C1. The smallest absolute Gasteiger partial charge is 0.162 e. The predicted molar refractivity (Wildman–Crippen MR) is 47.5 cm³/mol. The van der Waals surface area contributed by atoms with Crippen molar-refractivity contribution in [3.8, 4) is 0 Å². The summed E-state index contributed by atoms with van der Waals surface area (Å²) < 4.78 is 26.1. The van der Waals surface area contributed by atoms with Crippen LogP contribution in [0, 0.1) is 17.6 Å². The molecule has 1 unspecified atom stereocenters. The Hall–Kier alpha value is -0.920. The molecular formula is C11H12F2. The summed E-state index contributed by atoms with van der Waals surface area (Å²) in [5.74, 6) is -0.874. The van der Waals surface area contributed by atoms with Crippen molar-refractivity contribution in [2.24, 2.45) is 5.92 Å². The van der Waals surface area contributed by atoms with Crippen LogP contribution in [0.5, 0.6) is 0 Å². The number of hydrogen-bond acceptors (Lipinski definition) is 0. The third-order valence-electron chi connectivity index (χ3n) is 2.75. The first-order valence-corrected chi connectivity index (χ1v) is 4.64. The van der Waals surface area contributed by atoms with Crippen LogP contribution in [0.1, 0.15) is 24.5 Å². The van der Waals surface area contributed by atoms with Crippen LogP contribution in [-0.2, 0) is 12.8 Å².